The van der Waals surface area contributed by atoms with Gasteiger partial charge in [-0.1, -0.05) is 6.07 Å². The highest BCUT2D eigenvalue weighted by molar-refractivity contribution is 7.92. The van der Waals surface area contributed by atoms with Gasteiger partial charge in [-0.15, -0.1) is 0 Å². The Bertz CT molecular complexity index is 1530. The minimum Gasteiger partial charge on any atom is -0.496 e. The van der Waals surface area contributed by atoms with Gasteiger partial charge in [0.15, 0.2) is 11.6 Å². The Morgan fingerprint density at radius 2 is 1.73 bits per heavy atom. The molecule has 11 nitrogen and oxygen atoms in total. The normalized spacial score (nSPS) is 26.2. The summed E-state index contributed by atoms with van der Waals surface area (Å²) in [6.07, 6.45) is -1.62. The molecule has 0 aromatic heterocycles. The third-order valence-corrected chi connectivity index (χ3v) is 9.93. The lowest BCUT2D eigenvalue weighted by Crippen LogP contribution is -2.46. The van der Waals surface area contributed by atoms with E-state index >= 15 is 0 Å². The summed E-state index contributed by atoms with van der Waals surface area (Å²) in [5.41, 5.74) is -6.65. The number of amides is 1. The Morgan fingerprint density at radius 1 is 1.07 bits per heavy atom. The van der Waals surface area contributed by atoms with E-state index in [9.17, 15) is 50.9 Å². The number of aliphatic hydroxyl groups excluding tert-OH is 2. The Morgan fingerprint density at radius 3 is 2.33 bits per heavy atom. The zero-order chi connectivity index (χ0) is 33.3. The molecule has 5 N–H and O–H groups in total. The van der Waals surface area contributed by atoms with Crippen molar-refractivity contribution in [3.05, 3.63) is 47.8 Å². The third kappa shape index (κ3) is 7.34. The van der Waals surface area contributed by atoms with E-state index in [1.807, 2.05) is 0 Å². The van der Waals surface area contributed by atoms with Crippen LogP contribution < -0.4 is 20.1 Å². The Hall–Kier alpha value is -3.47. The van der Waals surface area contributed by atoms with Gasteiger partial charge in [-0.2, -0.15) is 13.2 Å². The van der Waals surface area contributed by atoms with Crippen molar-refractivity contribution in [3.8, 4) is 11.5 Å². The Balaban J connectivity index is 1.49. The molecule has 2 aromatic carbocycles. The number of aliphatic hydroxyl groups is 2. The Kier molecular flexibility index (Phi) is 10.0. The molecule has 0 spiro atoms. The predicted molar refractivity (Wildman–Crippen MR) is 151 cm³/mol. The van der Waals surface area contributed by atoms with Crippen LogP contribution in [0.3, 0.4) is 0 Å². The number of aliphatic carboxylic acids is 1. The first kappa shape index (κ1) is 34.4. The minimum atomic E-state index is -5.66. The number of rotatable bonds is 10. The molecular weight excluding hydrogens is 628 g/mol. The number of benzene rings is 2. The van der Waals surface area contributed by atoms with Crippen molar-refractivity contribution in [1.29, 1.82) is 0 Å². The number of hydrogen-bond donors (Lipinski definition) is 5. The minimum absolute atomic E-state index is 0.0170. The van der Waals surface area contributed by atoms with Gasteiger partial charge in [0, 0.05) is 23.4 Å². The smallest absolute Gasteiger partial charge is 0.496 e. The van der Waals surface area contributed by atoms with Crippen LogP contribution >= 0.6 is 0 Å². The molecule has 0 heterocycles. The highest BCUT2D eigenvalue weighted by Gasteiger charge is 2.47. The number of alkyl halides is 3. The first-order valence-electron chi connectivity index (χ1n) is 14.1. The highest BCUT2D eigenvalue weighted by atomic mass is 32.2. The second kappa shape index (κ2) is 13.1. The largest absolute Gasteiger partial charge is 0.501 e. The molecule has 2 aromatic rings. The van der Waals surface area contributed by atoms with Gasteiger partial charge >= 0.3 is 11.5 Å². The van der Waals surface area contributed by atoms with Gasteiger partial charge in [-0.3, -0.25) is 14.9 Å². The molecule has 0 saturated heterocycles. The average molecular weight is 663 g/mol. The van der Waals surface area contributed by atoms with Gasteiger partial charge < -0.3 is 30.1 Å². The summed E-state index contributed by atoms with van der Waals surface area (Å²) in [5, 5.41) is 36.3. The van der Waals surface area contributed by atoms with Crippen LogP contribution in [0.25, 0.3) is 0 Å². The summed E-state index contributed by atoms with van der Waals surface area (Å²) in [5.74, 6) is -3.76. The lowest BCUT2D eigenvalue weighted by atomic mass is 9.75. The van der Waals surface area contributed by atoms with Crippen molar-refractivity contribution >= 4 is 27.4 Å². The van der Waals surface area contributed by atoms with Gasteiger partial charge in [-0.05, 0) is 69.7 Å². The number of methoxy groups -OCH3 is 1. The van der Waals surface area contributed by atoms with Gasteiger partial charge in [0.1, 0.15) is 12.0 Å². The monoisotopic (exact) mass is 662 g/mol. The summed E-state index contributed by atoms with van der Waals surface area (Å²) in [6, 6.07) is 4.78. The van der Waals surface area contributed by atoms with Gasteiger partial charge in [0.05, 0.1) is 35.5 Å². The number of hydrogen-bond acceptors (Lipinski definition) is 9. The van der Waals surface area contributed by atoms with Crippen molar-refractivity contribution < 1.29 is 60.4 Å². The SMILES string of the molecule is COc1cc(F)c(O[C@H]2CC[C@@](C)(C(=O)O)CC2)cc1C(O)N[C@H]1[C@@H](C(=O)Nc2cccc(S(=O)(=O)C(F)(F)F)c2)CC[C@@H]1O. The van der Waals surface area contributed by atoms with E-state index in [2.05, 4.69) is 10.6 Å². The fraction of sp³-hybridized carbons (Fsp3) is 0.517. The molecular formula is C29H34F4N2O9S. The molecule has 16 heteroatoms. The number of nitrogens with one attached hydrogen (secondary N) is 2. The fourth-order valence-electron chi connectivity index (χ4n) is 5.65. The summed E-state index contributed by atoms with van der Waals surface area (Å²) >= 11 is 0. The molecule has 4 rings (SSSR count). The van der Waals surface area contributed by atoms with Gasteiger partial charge in [0.2, 0.25) is 5.91 Å². The lowest BCUT2D eigenvalue weighted by molar-refractivity contribution is -0.150. The van der Waals surface area contributed by atoms with Crippen molar-refractivity contribution in [1.82, 2.24) is 5.32 Å². The molecule has 45 heavy (non-hydrogen) atoms. The number of carbonyl (C=O) groups excluding carboxylic acids is 1. The number of carboxylic acids is 1. The summed E-state index contributed by atoms with van der Waals surface area (Å²) < 4.78 is 88.5. The number of carbonyl (C=O) groups is 2. The standard InChI is InChI=1S/C29H34F4N2O9S/c1-28(27(39)40)10-8-16(9-11-28)44-23-13-19(22(43-2)14-20(23)30)26(38)35-24-18(6-7-21(24)36)25(37)34-15-4-3-5-17(12-15)45(41,42)29(31,32)33/h3-5,12-14,16,18,21,24,26,35-36,38H,6-11H2,1-2H3,(H,34,37)(H,39,40)/t16-,18-,21-,24-,26?,28+/m0/s1. The zero-order valence-corrected chi connectivity index (χ0v) is 25.1. The number of carboxylic acid groups (broad SMARTS) is 1. The van der Waals surface area contributed by atoms with Crippen LogP contribution in [-0.2, 0) is 19.4 Å². The molecule has 0 aliphatic heterocycles. The lowest BCUT2D eigenvalue weighted by Gasteiger charge is -2.34. The van der Waals surface area contributed by atoms with Gasteiger partial charge in [-0.25, -0.2) is 12.8 Å². The first-order valence-corrected chi connectivity index (χ1v) is 15.6. The number of halogens is 4. The molecule has 248 valence electrons. The molecule has 0 radical (unpaired) electrons. The van der Waals surface area contributed by atoms with Crippen LogP contribution in [0.1, 0.15) is 57.2 Å². The first-order chi connectivity index (χ1) is 21.0. The van der Waals surface area contributed by atoms with Crippen molar-refractivity contribution in [2.24, 2.45) is 11.3 Å². The van der Waals surface area contributed by atoms with Crippen molar-refractivity contribution in [2.75, 3.05) is 12.4 Å². The van der Waals surface area contributed by atoms with Crippen LogP contribution in [0, 0.1) is 17.2 Å². The molecule has 4 atom stereocenters. The Labute approximate surface area is 256 Å². The molecule has 2 aliphatic carbocycles. The summed E-state index contributed by atoms with van der Waals surface area (Å²) in [4.78, 5) is 23.6. The van der Waals surface area contributed by atoms with Gasteiger partial charge in [0.25, 0.3) is 9.84 Å². The van der Waals surface area contributed by atoms with Crippen LogP contribution in [0.5, 0.6) is 11.5 Å². The van der Waals surface area contributed by atoms with E-state index in [4.69, 9.17) is 9.47 Å². The summed E-state index contributed by atoms with van der Waals surface area (Å²) in [7, 11) is -4.42. The molecule has 2 aliphatic rings. The van der Waals surface area contributed by atoms with Crippen LogP contribution in [0.15, 0.2) is 41.3 Å². The van der Waals surface area contributed by atoms with Crippen molar-refractivity contribution in [2.45, 2.75) is 80.3 Å². The molecule has 1 unspecified atom stereocenters. The van der Waals surface area contributed by atoms with Crippen LogP contribution in [0.2, 0.25) is 0 Å². The number of anilines is 1. The topological polar surface area (TPSA) is 171 Å². The third-order valence-electron chi connectivity index (χ3n) is 8.45. The van der Waals surface area contributed by atoms with E-state index < -0.39 is 73.7 Å². The second-order valence-electron chi connectivity index (χ2n) is 11.5. The van der Waals surface area contributed by atoms with E-state index in [0.29, 0.717) is 31.7 Å². The fourth-order valence-corrected chi connectivity index (χ4v) is 6.46. The maximum Gasteiger partial charge on any atom is 0.501 e. The average Bonchev–Trinajstić information content (AvgIpc) is 3.34. The predicted octanol–water partition coefficient (Wildman–Crippen LogP) is 3.90. The zero-order valence-electron chi connectivity index (χ0n) is 24.3. The van der Waals surface area contributed by atoms with E-state index in [1.54, 1.807) is 6.92 Å². The maximum absolute atomic E-state index is 14.9. The molecule has 2 saturated carbocycles. The van der Waals surface area contributed by atoms with Crippen molar-refractivity contribution in [3.63, 3.8) is 0 Å². The van der Waals surface area contributed by atoms with E-state index in [-0.39, 0.29) is 35.6 Å². The summed E-state index contributed by atoms with van der Waals surface area (Å²) in [6.45, 7) is 1.64. The van der Waals surface area contributed by atoms with Crippen LogP contribution in [0.4, 0.5) is 23.2 Å². The molecule has 2 fully saturated rings. The maximum atomic E-state index is 14.9. The quantitative estimate of drug-likeness (QED) is 0.186. The van der Waals surface area contributed by atoms with Crippen LogP contribution in [-0.4, -0.2) is 66.5 Å². The van der Waals surface area contributed by atoms with E-state index in [1.165, 1.54) is 19.2 Å². The highest BCUT2D eigenvalue weighted by Crippen LogP contribution is 2.40. The number of sulfone groups is 1. The second-order valence-corrected chi connectivity index (χ2v) is 13.5. The molecule has 1 amide bonds. The van der Waals surface area contributed by atoms with E-state index in [0.717, 1.165) is 18.2 Å². The molecule has 0 bridgehead atoms. The number of ether oxygens (including phenoxy) is 2.